The Labute approximate surface area is 141 Å². The SMILES string of the molecule is Cc1ccc(-c2ccccc2)cc1-c1cc(NCCN)nc(N)n1. The molecule has 0 saturated carbocycles. The Morgan fingerprint density at radius 3 is 2.50 bits per heavy atom. The van der Waals surface area contributed by atoms with Gasteiger partial charge in [0, 0.05) is 24.7 Å². The van der Waals surface area contributed by atoms with Gasteiger partial charge in [0.1, 0.15) is 5.82 Å². The summed E-state index contributed by atoms with van der Waals surface area (Å²) in [6.45, 7) is 3.23. The molecule has 2 aromatic carbocycles. The third-order valence-corrected chi connectivity index (χ3v) is 3.81. The fraction of sp³-hybridized carbons (Fsp3) is 0.158. The average molecular weight is 319 g/mol. The van der Waals surface area contributed by atoms with Gasteiger partial charge >= 0.3 is 0 Å². The molecule has 0 radical (unpaired) electrons. The molecule has 1 aromatic heterocycles. The number of nitrogens with two attached hydrogens (primary N) is 2. The van der Waals surface area contributed by atoms with Crippen LogP contribution in [0.3, 0.4) is 0 Å². The first-order chi connectivity index (χ1) is 11.7. The van der Waals surface area contributed by atoms with Crippen molar-refractivity contribution in [3.05, 3.63) is 60.2 Å². The van der Waals surface area contributed by atoms with Gasteiger partial charge in [-0.3, -0.25) is 0 Å². The zero-order valence-electron chi connectivity index (χ0n) is 13.7. The molecule has 0 spiro atoms. The maximum atomic E-state index is 5.87. The Balaban J connectivity index is 2.04. The Bertz CT molecular complexity index is 830. The predicted octanol–water partition coefficient (Wildman–Crippen LogP) is 3.07. The third kappa shape index (κ3) is 3.52. The molecular formula is C19H21N5. The number of hydrogen-bond acceptors (Lipinski definition) is 5. The summed E-state index contributed by atoms with van der Waals surface area (Å²) in [7, 11) is 0. The number of rotatable bonds is 5. The van der Waals surface area contributed by atoms with E-state index in [-0.39, 0.29) is 5.95 Å². The Morgan fingerprint density at radius 1 is 0.958 bits per heavy atom. The van der Waals surface area contributed by atoms with E-state index in [1.807, 2.05) is 24.3 Å². The van der Waals surface area contributed by atoms with Crippen LogP contribution in [0.4, 0.5) is 11.8 Å². The van der Waals surface area contributed by atoms with Crippen LogP contribution in [0, 0.1) is 6.92 Å². The van der Waals surface area contributed by atoms with Gasteiger partial charge in [0.25, 0.3) is 0 Å². The van der Waals surface area contributed by atoms with Crippen molar-refractivity contribution in [2.45, 2.75) is 6.92 Å². The summed E-state index contributed by atoms with van der Waals surface area (Å²) in [6, 6.07) is 18.5. The van der Waals surface area contributed by atoms with Crippen LogP contribution in [-0.2, 0) is 0 Å². The van der Waals surface area contributed by atoms with Crippen molar-refractivity contribution in [2.24, 2.45) is 5.73 Å². The molecule has 122 valence electrons. The van der Waals surface area contributed by atoms with E-state index in [0.717, 1.165) is 22.4 Å². The second-order valence-corrected chi connectivity index (χ2v) is 5.61. The molecule has 0 aliphatic rings. The van der Waals surface area contributed by atoms with Crippen LogP contribution in [-0.4, -0.2) is 23.1 Å². The molecular weight excluding hydrogens is 298 g/mol. The number of nitrogens with zero attached hydrogens (tertiary/aromatic N) is 2. The van der Waals surface area contributed by atoms with Crippen LogP contribution < -0.4 is 16.8 Å². The van der Waals surface area contributed by atoms with Gasteiger partial charge in [0.2, 0.25) is 5.95 Å². The lowest BCUT2D eigenvalue weighted by Gasteiger charge is -2.11. The molecule has 5 N–H and O–H groups in total. The van der Waals surface area contributed by atoms with Crippen molar-refractivity contribution in [3.63, 3.8) is 0 Å². The zero-order valence-corrected chi connectivity index (χ0v) is 13.7. The molecule has 0 unspecified atom stereocenters. The second kappa shape index (κ2) is 7.10. The van der Waals surface area contributed by atoms with Crippen LogP contribution in [0.2, 0.25) is 0 Å². The Morgan fingerprint density at radius 2 is 1.75 bits per heavy atom. The molecule has 3 rings (SSSR count). The number of nitrogen functional groups attached to an aromatic ring is 1. The molecule has 24 heavy (non-hydrogen) atoms. The van der Waals surface area contributed by atoms with Gasteiger partial charge in [-0.15, -0.1) is 0 Å². The van der Waals surface area contributed by atoms with Gasteiger partial charge in [0.15, 0.2) is 0 Å². The van der Waals surface area contributed by atoms with Gasteiger partial charge < -0.3 is 16.8 Å². The second-order valence-electron chi connectivity index (χ2n) is 5.61. The van der Waals surface area contributed by atoms with Crippen LogP contribution in [0.1, 0.15) is 5.56 Å². The summed E-state index contributed by atoms with van der Waals surface area (Å²) in [4.78, 5) is 8.61. The minimum Gasteiger partial charge on any atom is -0.369 e. The van der Waals surface area contributed by atoms with E-state index < -0.39 is 0 Å². The Hall–Kier alpha value is -2.92. The summed E-state index contributed by atoms with van der Waals surface area (Å²) in [6.07, 6.45) is 0. The number of hydrogen-bond donors (Lipinski definition) is 3. The van der Waals surface area contributed by atoms with Crippen molar-refractivity contribution in [3.8, 4) is 22.4 Å². The van der Waals surface area contributed by atoms with Crippen molar-refractivity contribution < 1.29 is 0 Å². The average Bonchev–Trinajstić information content (AvgIpc) is 2.60. The summed E-state index contributed by atoms with van der Waals surface area (Å²) in [5.74, 6) is 0.934. The standard InChI is InChI=1S/C19H21N5/c1-13-7-8-15(14-5-3-2-4-6-14)11-16(13)17-12-18(22-10-9-20)24-19(21)23-17/h2-8,11-12H,9-10,20H2,1H3,(H3,21,22,23,24). The lowest BCUT2D eigenvalue weighted by Crippen LogP contribution is -2.14. The smallest absolute Gasteiger partial charge is 0.222 e. The van der Waals surface area contributed by atoms with Gasteiger partial charge in [0.05, 0.1) is 5.69 Å². The minimum atomic E-state index is 0.247. The molecule has 1 heterocycles. The van der Waals surface area contributed by atoms with Crippen LogP contribution in [0.15, 0.2) is 54.6 Å². The van der Waals surface area contributed by atoms with Crippen molar-refractivity contribution in [2.75, 3.05) is 24.1 Å². The number of aryl methyl sites for hydroxylation is 1. The van der Waals surface area contributed by atoms with Gasteiger partial charge in [-0.05, 0) is 29.7 Å². The highest BCUT2D eigenvalue weighted by Crippen LogP contribution is 2.29. The molecule has 0 aliphatic carbocycles. The fourth-order valence-corrected chi connectivity index (χ4v) is 2.60. The van der Waals surface area contributed by atoms with E-state index in [9.17, 15) is 0 Å². The van der Waals surface area contributed by atoms with Crippen molar-refractivity contribution in [1.29, 1.82) is 0 Å². The summed E-state index contributed by atoms with van der Waals surface area (Å²) < 4.78 is 0. The van der Waals surface area contributed by atoms with E-state index in [0.29, 0.717) is 18.9 Å². The van der Waals surface area contributed by atoms with E-state index >= 15 is 0 Å². The minimum absolute atomic E-state index is 0.247. The molecule has 0 amide bonds. The molecule has 0 atom stereocenters. The highest BCUT2D eigenvalue weighted by molar-refractivity contribution is 5.75. The molecule has 0 fully saturated rings. The van der Waals surface area contributed by atoms with E-state index in [1.54, 1.807) is 0 Å². The third-order valence-electron chi connectivity index (χ3n) is 3.81. The van der Waals surface area contributed by atoms with E-state index in [4.69, 9.17) is 11.5 Å². The quantitative estimate of drug-likeness (QED) is 0.672. The van der Waals surface area contributed by atoms with Gasteiger partial charge in [-0.1, -0.05) is 42.5 Å². The number of aromatic nitrogens is 2. The Kier molecular flexibility index (Phi) is 4.72. The fourth-order valence-electron chi connectivity index (χ4n) is 2.60. The lowest BCUT2D eigenvalue weighted by molar-refractivity contribution is 1.01. The topological polar surface area (TPSA) is 89.8 Å². The van der Waals surface area contributed by atoms with Crippen LogP contribution in [0.25, 0.3) is 22.4 Å². The number of anilines is 2. The largest absolute Gasteiger partial charge is 0.369 e. The maximum absolute atomic E-state index is 5.87. The van der Waals surface area contributed by atoms with Gasteiger partial charge in [-0.25, -0.2) is 4.98 Å². The van der Waals surface area contributed by atoms with E-state index in [2.05, 4.69) is 52.5 Å². The normalized spacial score (nSPS) is 10.6. The first-order valence-corrected chi connectivity index (χ1v) is 7.92. The summed E-state index contributed by atoms with van der Waals surface area (Å²) >= 11 is 0. The molecule has 0 aliphatic heterocycles. The van der Waals surface area contributed by atoms with Crippen molar-refractivity contribution in [1.82, 2.24) is 9.97 Å². The van der Waals surface area contributed by atoms with Crippen molar-refractivity contribution >= 4 is 11.8 Å². The van der Waals surface area contributed by atoms with Crippen LogP contribution in [0.5, 0.6) is 0 Å². The lowest BCUT2D eigenvalue weighted by atomic mass is 9.98. The number of benzene rings is 2. The summed E-state index contributed by atoms with van der Waals surface area (Å²) in [5, 5.41) is 3.15. The molecule has 5 heteroatoms. The molecule has 0 saturated heterocycles. The molecule has 0 bridgehead atoms. The zero-order chi connectivity index (χ0) is 16.9. The molecule has 3 aromatic rings. The first-order valence-electron chi connectivity index (χ1n) is 7.92. The molecule has 5 nitrogen and oxygen atoms in total. The maximum Gasteiger partial charge on any atom is 0.222 e. The number of nitrogens with one attached hydrogen (secondary N) is 1. The monoisotopic (exact) mass is 319 g/mol. The highest BCUT2D eigenvalue weighted by Gasteiger charge is 2.09. The van der Waals surface area contributed by atoms with Gasteiger partial charge in [-0.2, -0.15) is 4.98 Å². The highest BCUT2D eigenvalue weighted by atomic mass is 15.1. The first kappa shape index (κ1) is 16.0. The summed E-state index contributed by atoms with van der Waals surface area (Å²) in [5.41, 5.74) is 16.7. The van der Waals surface area contributed by atoms with E-state index in [1.165, 1.54) is 5.56 Å². The van der Waals surface area contributed by atoms with Crippen LogP contribution >= 0.6 is 0 Å². The predicted molar refractivity (Wildman–Crippen MR) is 99.6 cm³/mol.